The Balaban J connectivity index is 4.47. The molecule has 3 heteroatoms. The van der Waals surface area contributed by atoms with Gasteiger partial charge in [-0.1, -0.05) is 29.4 Å². The predicted octanol–water partition coefficient (Wildman–Crippen LogP) is 4.10. The Morgan fingerprint density at radius 3 is 2.38 bits per heavy atom. The van der Waals surface area contributed by atoms with Crippen LogP contribution in [0.3, 0.4) is 0 Å². The van der Waals surface area contributed by atoms with Crippen LogP contribution in [0.1, 0.15) is 40.0 Å². The molecule has 0 saturated heterocycles. The molecule has 0 aliphatic heterocycles. The van der Waals surface area contributed by atoms with Gasteiger partial charge < -0.3 is 9.64 Å². The first-order valence-corrected chi connectivity index (χ1v) is 7.45. The maximum atomic E-state index is 8.91. The summed E-state index contributed by atoms with van der Waals surface area (Å²) < 4.78 is 5.04. The van der Waals surface area contributed by atoms with E-state index in [4.69, 9.17) is 10.00 Å². The van der Waals surface area contributed by atoms with Gasteiger partial charge in [-0.2, -0.15) is 5.26 Å². The molecule has 0 heterocycles. The second kappa shape index (κ2) is 11.3. The van der Waals surface area contributed by atoms with E-state index in [0.29, 0.717) is 6.61 Å². The normalized spacial score (nSPS) is 15.2. The number of methoxy groups -OCH3 is 1. The van der Waals surface area contributed by atoms with Crippen molar-refractivity contribution in [3.05, 3.63) is 34.9 Å². The summed E-state index contributed by atoms with van der Waals surface area (Å²) in [7, 11) is 5.82. The first-order chi connectivity index (χ1) is 9.90. The smallest absolute Gasteiger partial charge is 0.0941 e. The largest absolute Gasteiger partial charge is 0.381 e. The highest BCUT2D eigenvalue weighted by atomic mass is 16.5. The van der Waals surface area contributed by atoms with Crippen LogP contribution in [-0.4, -0.2) is 38.8 Å². The summed E-state index contributed by atoms with van der Waals surface area (Å²) in [6.07, 6.45) is 9.56. The van der Waals surface area contributed by atoms with Crippen molar-refractivity contribution in [3.63, 3.8) is 0 Å². The molecular formula is C18H30N2O. The molecule has 0 aromatic heterocycles. The highest BCUT2D eigenvalue weighted by Crippen LogP contribution is 2.14. The molecule has 118 valence electrons. The molecule has 1 atom stereocenters. The number of hydrogen-bond acceptors (Lipinski definition) is 3. The molecule has 0 aliphatic rings. The average molecular weight is 290 g/mol. The van der Waals surface area contributed by atoms with Crippen molar-refractivity contribution >= 4 is 0 Å². The van der Waals surface area contributed by atoms with Crippen molar-refractivity contribution in [2.24, 2.45) is 0 Å². The summed E-state index contributed by atoms with van der Waals surface area (Å²) in [5, 5.41) is 8.91. The van der Waals surface area contributed by atoms with Crippen molar-refractivity contribution in [1.29, 1.82) is 5.26 Å². The number of allylic oxidation sites excluding steroid dienone is 3. The lowest BCUT2D eigenvalue weighted by Crippen LogP contribution is -2.26. The molecule has 0 N–H and O–H groups in total. The summed E-state index contributed by atoms with van der Waals surface area (Å²) in [6, 6.07) is 2.48. The SMILES string of the molecule is COC/C=C(/C)CC/C=C(/C)CC(/C=C(/C)C#N)N(C)C. The van der Waals surface area contributed by atoms with Gasteiger partial charge in [0, 0.05) is 18.7 Å². The first kappa shape index (κ1) is 19.6. The Labute approximate surface area is 130 Å². The molecule has 0 aromatic rings. The second-order valence-electron chi connectivity index (χ2n) is 5.79. The molecule has 3 nitrogen and oxygen atoms in total. The molecule has 0 bridgehead atoms. The summed E-state index contributed by atoms with van der Waals surface area (Å²) in [5.74, 6) is 0. The van der Waals surface area contributed by atoms with E-state index in [1.54, 1.807) is 7.11 Å². The molecule has 0 aliphatic carbocycles. The van der Waals surface area contributed by atoms with Crippen LogP contribution in [0.5, 0.6) is 0 Å². The Hall–Kier alpha value is -1.37. The Bertz CT molecular complexity index is 425. The zero-order valence-corrected chi connectivity index (χ0v) is 14.4. The fourth-order valence-corrected chi connectivity index (χ4v) is 2.00. The number of likely N-dealkylation sites (N-methyl/N-ethyl adjacent to an activating group) is 1. The molecule has 0 amide bonds. The van der Waals surface area contributed by atoms with Gasteiger partial charge in [0.25, 0.3) is 0 Å². The molecule has 0 radical (unpaired) electrons. The topological polar surface area (TPSA) is 36.3 Å². The lowest BCUT2D eigenvalue weighted by molar-refractivity contribution is 0.233. The second-order valence-corrected chi connectivity index (χ2v) is 5.79. The van der Waals surface area contributed by atoms with E-state index in [-0.39, 0.29) is 6.04 Å². The Morgan fingerprint density at radius 1 is 1.19 bits per heavy atom. The number of ether oxygens (including phenoxy) is 1. The van der Waals surface area contributed by atoms with E-state index in [2.05, 4.69) is 51.1 Å². The summed E-state index contributed by atoms with van der Waals surface area (Å²) >= 11 is 0. The van der Waals surface area contributed by atoms with Crippen LogP contribution in [0.15, 0.2) is 34.9 Å². The summed E-state index contributed by atoms with van der Waals surface area (Å²) in [5.41, 5.74) is 3.51. The zero-order valence-electron chi connectivity index (χ0n) is 14.4. The van der Waals surface area contributed by atoms with Gasteiger partial charge in [-0.3, -0.25) is 0 Å². The maximum absolute atomic E-state index is 8.91. The van der Waals surface area contributed by atoms with Gasteiger partial charge in [0.2, 0.25) is 0 Å². The number of rotatable bonds is 9. The third kappa shape index (κ3) is 10.1. The first-order valence-electron chi connectivity index (χ1n) is 7.45. The van der Waals surface area contributed by atoms with Crippen LogP contribution in [0.25, 0.3) is 0 Å². The average Bonchev–Trinajstić information content (AvgIpc) is 2.43. The quantitative estimate of drug-likeness (QED) is 0.474. The fourth-order valence-electron chi connectivity index (χ4n) is 2.00. The number of nitrogens with zero attached hydrogens (tertiary/aromatic N) is 2. The van der Waals surface area contributed by atoms with Crippen LogP contribution in [0.4, 0.5) is 0 Å². The summed E-state index contributed by atoms with van der Waals surface area (Å²) in [6.45, 7) is 6.86. The van der Waals surface area contributed by atoms with Crippen molar-refractivity contribution in [2.75, 3.05) is 27.8 Å². The molecule has 0 saturated carbocycles. The Kier molecular flexibility index (Phi) is 10.6. The molecule has 0 spiro atoms. The predicted molar refractivity (Wildman–Crippen MR) is 90.1 cm³/mol. The van der Waals surface area contributed by atoms with Crippen molar-refractivity contribution in [2.45, 2.75) is 46.1 Å². The van der Waals surface area contributed by atoms with Gasteiger partial charge in [-0.05, 0) is 54.1 Å². The van der Waals surface area contributed by atoms with Gasteiger partial charge in [-0.25, -0.2) is 0 Å². The molecule has 1 unspecified atom stereocenters. The third-order valence-corrected chi connectivity index (χ3v) is 3.44. The monoisotopic (exact) mass is 290 g/mol. The van der Waals surface area contributed by atoms with Crippen LogP contribution in [-0.2, 0) is 4.74 Å². The van der Waals surface area contributed by atoms with E-state index in [1.165, 1.54) is 11.1 Å². The highest BCUT2D eigenvalue weighted by molar-refractivity contribution is 5.21. The fraction of sp³-hybridized carbons (Fsp3) is 0.611. The van der Waals surface area contributed by atoms with E-state index >= 15 is 0 Å². The van der Waals surface area contributed by atoms with Crippen LogP contribution in [0.2, 0.25) is 0 Å². The van der Waals surface area contributed by atoms with Crippen LogP contribution >= 0.6 is 0 Å². The lowest BCUT2D eigenvalue weighted by atomic mass is 10.0. The zero-order chi connectivity index (χ0) is 16.3. The standard InChI is InChI=1S/C18H30N2O/c1-15(10-11-21-6)8-7-9-16(2)12-18(20(4)5)13-17(3)14-19/h9-10,13,18H,7-8,11-12H2,1-6H3/b15-10-,16-9-,17-13-. The van der Waals surface area contributed by atoms with Crippen molar-refractivity contribution in [3.8, 4) is 6.07 Å². The highest BCUT2D eigenvalue weighted by Gasteiger charge is 2.09. The minimum absolute atomic E-state index is 0.283. The van der Waals surface area contributed by atoms with Gasteiger partial charge >= 0.3 is 0 Å². The summed E-state index contributed by atoms with van der Waals surface area (Å²) in [4.78, 5) is 2.15. The minimum atomic E-state index is 0.283. The number of hydrogen-bond donors (Lipinski definition) is 0. The van der Waals surface area contributed by atoms with Gasteiger partial charge in [-0.15, -0.1) is 0 Å². The van der Waals surface area contributed by atoms with Crippen molar-refractivity contribution in [1.82, 2.24) is 4.90 Å². The van der Waals surface area contributed by atoms with E-state index in [9.17, 15) is 0 Å². The van der Waals surface area contributed by atoms with Crippen LogP contribution < -0.4 is 0 Å². The lowest BCUT2D eigenvalue weighted by Gasteiger charge is -2.21. The van der Waals surface area contributed by atoms with Gasteiger partial charge in [0.1, 0.15) is 0 Å². The minimum Gasteiger partial charge on any atom is -0.381 e. The molecule has 21 heavy (non-hydrogen) atoms. The van der Waals surface area contributed by atoms with Gasteiger partial charge in [0.05, 0.1) is 12.7 Å². The van der Waals surface area contributed by atoms with Crippen molar-refractivity contribution < 1.29 is 4.74 Å². The molecule has 0 rings (SSSR count). The van der Waals surface area contributed by atoms with Crippen LogP contribution in [0, 0.1) is 11.3 Å². The molecular weight excluding hydrogens is 260 g/mol. The number of nitriles is 1. The molecule has 0 aromatic carbocycles. The van der Waals surface area contributed by atoms with E-state index in [1.807, 2.05) is 13.0 Å². The third-order valence-electron chi connectivity index (χ3n) is 3.44. The molecule has 0 fully saturated rings. The maximum Gasteiger partial charge on any atom is 0.0941 e. The van der Waals surface area contributed by atoms with Gasteiger partial charge in [0.15, 0.2) is 0 Å². The van der Waals surface area contributed by atoms with E-state index < -0.39 is 0 Å². The Morgan fingerprint density at radius 2 is 1.86 bits per heavy atom. The van der Waals surface area contributed by atoms with E-state index in [0.717, 1.165) is 24.8 Å².